The van der Waals surface area contributed by atoms with Gasteiger partial charge in [0.25, 0.3) is 0 Å². The van der Waals surface area contributed by atoms with Gasteiger partial charge in [-0.1, -0.05) is 49.4 Å². The van der Waals surface area contributed by atoms with Gasteiger partial charge in [-0.2, -0.15) is 0 Å². The Labute approximate surface area is 163 Å². The van der Waals surface area contributed by atoms with Crippen LogP contribution in [0.15, 0.2) is 54.1 Å². The number of hydrogen-bond acceptors (Lipinski definition) is 5. The van der Waals surface area contributed by atoms with Gasteiger partial charge in [-0.3, -0.25) is 19.7 Å². The van der Waals surface area contributed by atoms with Crippen LogP contribution in [0.3, 0.4) is 0 Å². The number of Topliss-reactive ketones (excluding diaryl/α,β-unsaturated/α-hetero) is 1. The summed E-state index contributed by atoms with van der Waals surface area (Å²) in [5.74, 6) is -4.97. The molecule has 0 bridgehead atoms. The van der Waals surface area contributed by atoms with Gasteiger partial charge in [-0.05, 0) is 25.0 Å². The fourth-order valence-electron chi connectivity index (χ4n) is 3.34. The maximum atomic E-state index is 13.0. The molecule has 0 aliphatic heterocycles. The summed E-state index contributed by atoms with van der Waals surface area (Å²) in [5, 5.41) is 32.7. The standard InChI is InChI=1S/C21H25NO6/c1-3-16(20(2,18(24)25)19(26)27)17(23)15-10-7-11-21(28,12-15)22-13-14-8-5-4-6-9-14/h4-11,16,22,28H,3,12-13H2,1-2H3,(H,24,25)(H,26,27). The number of carbonyl (C=O) groups excluding carboxylic acids is 1. The summed E-state index contributed by atoms with van der Waals surface area (Å²) in [7, 11) is 0. The van der Waals surface area contributed by atoms with Crippen LogP contribution in [0.5, 0.6) is 0 Å². The molecular weight excluding hydrogens is 362 g/mol. The summed E-state index contributed by atoms with van der Waals surface area (Å²) in [5.41, 5.74) is -2.60. The first-order chi connectivity index (χ1) is 13.1. The van der Waals surface area contributed by atoms with Crippen LogP contribution in [0.4, 0.5) is 0 Å². The monoisotopic (exact) mass is 387 g/mol. The van der Waals surface area contributed by atoms with Gasteiger partial charge in [0.1, 0.15) is 5.72 Å². The number of nitrogens with one attached hydrogen (secondary N) is 1. The highest BCUT2D eigenvalue weighted by molar-refractivity contribution is 6.07. The normalized spacial score (nSPS) is 20.3. The molecule has 1 aromatic carbocycles. The van der Waals surface area contributed by atoms with Crippen molar-refractivity contribution in [2.24, 2.45) is 11.3 Å². The highest BCUT2D eigenvalue weighted by Gasteiger charge is 2.52. The molecule has 7 nitrogen and oxygen atoms in total. The second-order valence-corrected chi connectivity index (χ2v) is 7.13. The van der Waals surface area contributed by atoms with E-state index in [9.17, 15) is 29.7 Å². The zero-order valence-electron chi connectivity index (χ0n) is 15.9. The Kier molecular flexibility index (Phi) is 6.53. The highest BCUT2D eigenvalue weighted by atomic mass is 16.4. The van der Waals surface area contributed by atoms with Crippen molar-refractivity contribution in [1.29, 1.82) is 0 Å². The number of benzene rings is 1. The largest absolute Gasteiger partial charge is 0.480 e. The van der Waals surface area contributed by atoms with E-state index in [1.54, 1.807) is 6.92 Å². The maximum Gasteiger partial charge on any atom is 0.321 e. The molecule has 0 fully saturated rings. The summed E-state index contributed by atoms with van der Waals surface area (Å²) < 4.78 is 0. The Bertz CT molecular complexity index is 799. The summed E-state index contributed by atoms with van der Waals surface area (Å²) in [6, 6.07) is 9.41. The topological polar surface area (TPSA) is 124 Å². The smallest absolute Gasteiger partial charge is 0.321 e. The van der Waals surface area contributed by atoms with Gasteiger partial charge in [-0.25, -0.2) is 0 Å². The molecule has 0 saturated carbocycles. The molecule has 4 N–H and O–H groups in total. The number of aliphatic hydroxyl groups is 1. The van der Waals surface area contributed by atoms with Crippen LogP contribution in [-0.4, -0.2) is 38.8 Å². The van der Waals surface area contributed by atoms with E-state index in [2.05, 4.69) is 5.32 Å². The number of ketones is 1. The van der Waals surface area contributed by atoms with Gasteiger partial charge in [-0.15, -0.1) is 0 Å². The molecular formula is C21H25NO6. The van der Waals surface area contributed by atoms with Crippen molar-refractivity contribution in [2.45, 2.75) is 39.0 Å². The van der Waals surface area contributed by atoms with Crippen molar-refractivity contribution < 1.29 is 29.7 Å². The van der Waals surface area contributed by atoms with Gasteiger partial charge >= 0.3 is 11.9 Å². The minimum Gasteiger partial charge on any atom is -0.480 e. The van der Waals surface area contributed by atoms with E-state index in [0.29, 0.717) is 6.54 Å². The number of rotatable bonds is 9. The molecule has 0 radical (unpaired) electrons. The summed E-state index contributed by atoms with van der Waals surface area (Å²) in [6.45, 7) is 2.98. The van der Waals surface area contributed by atoms with Crippen LogP contribution in [0.2, 0.25) is 0 Å². The molecule has 7 heteroatoms. The fourth-order valence-corrected chi connectivity index (χ4v) is 3.34. The predicted molar refractivity (Wildman–Crippen MR) is 102 cm³/mol. The Morgan fingerprint density at radius 2 is 1.79 bits per heavy atom. The van der Waals surface area contributed by atoms with E-state index in [-0.39, 0.29) is 18.4 Å². The molecule has 2 unspecified atom stereocenters. The van der Waals surface area contributed by atoms with E-state index >= 15 is 0 Å². The predicted octanol–water partition coefficient (Wildman–Crippen LogP) is 2.12. The first-order valence-corrected chi connectivity index (χ1v) is 9.04. The van der Waals surface area contributed by atoms with Gasteiger partial charge < -0.3 is 15.3 Å². The summed E-state index contributed by atoms with van der Waals surface area (Å²) in [4.78, 5) is 36.2. The van der Waals surface area contributed by atoms with Crippen LogP contribution in [0.25, 0.3) is 0 Å². The average Bonchev–Trinajstić information content (AvgIpc) is 2.67. The van der Waals surface area contributed by atoms with Crippen molar-refractivity contribution in [3.05, 3.63) is 59.7 Å². The Balaban J connectivity index is 2.19. The third-order valence-electron chi connectivity index (χ3n) is 5.20. The van der Waals surface area contributed by atoms with Crippen molar-refractivity contribution >= 4 is 17.7 Å². The molecule has 2 rings (SSSR count). The van der Waals surface area contributed by atoms with E-state index in [0.717, 1.165) is 12.5 Å². The zero-order chi connectivity index (χ0) is 20.9. The molecule has 2 atom stereocenters. The summed E-state index contributed by atoms with van der Waals surface area (Å²) in [6.07, 6.45) is 4.49. The molecule has 1 aromatic rings. The first kappa shape index (κ1) is 21.5. The molecule has 1 aliphatic rings. The van der Waals surface area contributed by atoms with Gasteiger partial charge in [0.15, 0.2) is 11.2 Å². The molecule has 0 aromatic heterocycles. The minimum absolute atomic E-state index is 0.0465. The van der Waals surface area contributed by atoms with Crippen LogP contribution in [0, 0.1) is 11.3 Å². The molecule has 150 valence electrons. The van der Waals surface area contributed by atoms with Gasteiger partial charge in [0.2, 0.25) is 0 Å². The number of hydrogen-bond donors (Lipinski definition) is 4. The van der Waals surface area contributed by atoms with E-state index in [1.165, 1.54) is 18.2 Å². The number of carbonyl (C=O) groups is 3. The Morgan fingerprint density at radius 3 is 2.32 bits per heavy atom. The minimum atomic E-state index is -2.25. The molecule has 0 saturated heterocycles. The van der Waals surface area contributed by atoms with E-state index < -0.39 is 34.8 Å². The van der Waals surface area contributed by atoms with E-state index in [4.69, 9.17) is 0 Å². The highest BCUT2D eigenvalue weighted by Crippen LogP contribution is 2.36. The third kappa shape index (κ3) is 4.37. The van der Waals surface area contributed by atoms with Crippen molar-refractivity contribution in [1.82, 2.24) is 5.32 Å². The lowest BCUT2D eigenvalue weighted by Gasteiger charge is -2.33. The fraction of sp³-hybridized carbons (Fsp3) is 0.381. The Morgan fingerprint density at radius 1 is 1.18 bits per heavy atom. The number of allylic oxidation sites excluding steroid dienone is 2. The molecule has 0 amide bonds. The molecule has 1 aliphatic carbocycles. The number of aliphatic carboxylic acids is 2. The summed E-state index contributed by atoms with van der Waals surface area (Å²) >= 11 is 0. The zero-order valence-corrected chi connectivity index (χ0v) is 15.9. The van der Waals surface area contributed by atoms with Crippen LogP contribution in [0.1, 0.15) is 32.3 Å². The maximum absolute atomic E-state index is 13.0. The van der Waals surface area contributed by atoms with E-state index in [1.807, 2.05) is 30.3 Å². The molecule has 28 heavy (non-hydrogen) atoms. The lowest BCUT2D eigenvalue weighted by atomic mass is 9.70. The van der Waals surface area contributed by atoms with Gasteiger partial charge in [0.05, 0.1) is 0 Å². The van der Waals surface area contributed by atoms with Crippen LogP contribution >= 0.6 is 0 Å². The van der Waals surface area contributed by atoms with Gasteiger partial charge in [0, 0.05) is 24.5 Å². The Hall–Kier alpha value is -2.77. The van der Waals surface area contributed by atoms with Crippen LogP contribution in [-0.2, 0) is 20.9 Å². The quantitative estimate of drug-likeness (QED) is 0.378. The van der Waals surface area contributed by atoms with Crippen molar-refractivity contribution in [2.75, 3.05) is 0 Å². The number of carboxylic acids is 2. The van der Waals surface area contributed by atoms with Crippen molar-refractivity contribution in [3.63, 3.8) is 0 Å². The third-order valence-corrected chi connectivity index (χ3v) is 5.20. The molecule has 0 spiro atoms. The first-order valence-electron chi connectivity index (χ1n) is 9.04. The SMILES string of the molecule is CCC(C(=O)C1=CC=CC(O)(NCc2ccccc2)C1)C(C)(C(=O)O)C(=O)O. The van der Waals surface area contributed by atoms with Crippen molar-refractivity contribution in [3.8, 4) is 0 Å². The second-order valence-electron chi connectivity index (χ2n) is 7.13. The number of carboxylic acid groups (broad SMARTS) is 2. The lowest BCUT2D eigenvalue weighted by molar-refractivity contribution is -0.169. The second kappa shape index (κ2) is 8.50. The molecule has 0 heterocycles. The van der Waals surface area contributed by atoms with Crippen LogP contribution < -0.4 is 5.32 Å². The lowest BCUT2D eigenvalue weighted by Crippen LogP contribution is -2.49. The average molecular weight is 387 g/mol.